The Hall–Kier alpha value is -1.30. The zero-order valence-electron chi connectivity index (χ0n) is 6.17. The molecule has 11 heavy (non-hydrogen) atoms. The normalized spacial score (nSPS) is 16.0. The van der Waals surface area contributed by atoms with Crippen molar-refractivity contribution in [3.63, 3.8) is 0 Å². The van der Waals surface area contributed by atoms with E-state index in [4.69, 9.17) is 0 Å². The van der Waals surface area contributed by atoms with Crippen LogP contribution in [0.3, 0.4) is 0 Å². The summed E-state index contributed by atoms with van der Waals surface area (Å²) in [4.78, 5) is 0. The van der Waals surface area contributed by atoms with E-state index in [9.17, 15) is 0 Å². The summed E-state index contributed by atoms with van der Waals surface area (Å²) < 4.78 is 0. The van der Waals surface area contributed by atoms with Crippen molar-refractivity contribution < 1.29 is 0 Å². The molecular weight excluding hydrogens is 132 g/mol. The van der Waals surface area contributed by atoms with Gasteiger partial charge >= 0.3 is 0 Å². The molecule has 1 aromatic carbocycles. The third-order valence-corrected chi connectivity index (χ3v) is 2.46. The highest BCUT2D eigenvalue weighted by Gasteiger charge is 2.14. The average molecular weight is 140 g/mol. The van der Waals surface area contributed by atoms with Gasteiger partial charge in [-0.3, -0.25) is 0 Å². The van der Waals surface area contributed by atoms with Crippen molar-refractivity contribution in [3.05, 3.63) is 40.5 Å². The van der Waals surface area contributed by atoms with E-state index in [-0.39, 0.29) is 0 Å². The zero-order valence-corrected chi connectivity index (χ0v) is 6.17. The predicted octanol–water partition coefficient (Wildman–Crippen LogP) is 2.74. The molecule has 0 radical (unpaired) electrons. The van der Waals surface area contributed by atoms with Crippen LogP contribution in [0.1, 0.15) is 22.3 Å². The third kappa shape index (κ3) is 0.548. The molecule has 0 N–H and O–H groups in total. The number of fused-ring (bicyclic) bond motifs is 3. The number of allylic oxidation sites excluding steroid dienone is 1. The second-order valence-corrected chi connectivity index (χ2v) is 3.08. The van der Waals surface area contributed by atoms with Crippen LogP contribution in [0.25, 0.3) is 18.2 Å². The highest BCUT2D eigenvalue weighted by Crippen LogP contribution is 2.33. The van der Waals surface area contributed by atoms with Gasteiger partial charge in [0.15, 0.2) is 0 Å². The topological polar surface area (TPSA) is 0 Å². The maximum absolute atomic E-state index is 2.23. The Bertz CT molecular complexity index is 381. The molecule has 0 saturated heterocycles. The standard InChI is InChI=1S/C11H8/c1-2-8-4-5-9-6-7-11(9)10(8)3-1/h1,3-7H,2H2. The maximum atomic E-state index is 2.23. The minimum Gasteiger partial charge on any atom is -0.0795 e. The first-order valence-electron chi connectivity index (χ1n) is 3.96. The van der Waals surface area contributed by atoms with E-state index in [0.717, 1.165) is 6.42 Å². The van der Waals surface area contributed by atoms with E-state index in [1.54, 1.807) is 0 Å². The lowest BCUT2D eigenvalue weighted by Crippen LogP contribution is -1.94. The monoisotopic (exact) mass is 140 g/mol. The molecule has 2 aliphatic carbocycles. The van der Waals surface area contributed by atoms with Crippen LogP contribution in [0.2, 0.25) is 0 Å². The van der Waals surface area contributed by atoms with Gasteiger partial charge in [0.05, 0.1) is 0 Å². The lowest BCUT2D eigenvalue weighted by atomic mass is 9.91. The zero-order chi connectivity index (χ0) is 7.26. The molecule has 0 heteroatoms. The van der Waals surface area contributed by atoms with Crippen molar-refractivity contribution in [2.75, 3.05) is 0 Å². The highest BCUT2D eigenvalue weighted by atomic mass is 14.2. The van der Waals surface area contributed by atoms with Gasteiger partial charge in [0.2, 0.25) is 0 Å². The fourth-order valence-electron chi connectivity index (χ4n) is 1.79. The van der Waals surface area contributed by atoms with Crippen molar-refractivity contribution in [2.45, 2.75) is 6.42 Å². The van der Waals surface area contributed by atoms with Gasteiger partial charge in [0.25, 0.3) is 0 Å². The minimum atomic E-state index is 1.12. The van der Waals surface area contributed by atoms with E-state index < -0.39 is 0 Å². The quantitative estimate of drug-likeness (QED) is 0.527. The van der Waals surface area contributed by atoms with E-state index in [1.165, 1.54) is 22.3 Å². The molecule has 0 fully saturated rings. The van der Waals surface area contributed by atoms with Crippen molar-refractivity contribution in [1.82, 2.24) is 0 Å². The molecule has 0 heterocycles. The molecule has 0 spiro atoms. The lowest BCUT2D eigenvalue weighted by Gasteiger charge is -2.14. The van der Waals surface area contributed by atoms with Crippen LogP contribution in [0.5, 0.6) is 0 Å². The van der Waals surface area contributed by atoms with Crippen LogP contribution in [0.4, 0.5) is 0 Å². The van der Waals surface area contributed by atoms with Crippen LogP contribution in [-0.4, -0.2) is 0 Å². The molecule has 3 rings (SSSR count). The highest BCUT2D eigenvalue weighted by molar-refractivity contribution is 5.91. The van der Waals surface area contributed by atoms with Crippen LogP contribution in [-0.2, 0) is 6.42 Å². The second kappa shape index (κ2) is 1.65. The first kappa shape index (κ1) is 5.36. The first-order valence-corrected chi connectivity index (χ1v) is 3.96. The maximum Gasteiger partial charge on any atom is -0.00879 e. The van der Waals surface area contributed by atoms with E-state index >= 15 is 0 Å². The molecule has 1 aromatic rings. The van der Waals surface area contributed by atoms with Crippen molar-refractivity contribution in [3.8, 4) is 0 Å². The summed E-state index contributed by atoms with van der Waals surface area (Å²) in [5.41, 5.74) is 5.77. The second-order valence-electron chi connectivity index (χ2n) is 3.08. The Kier molecular flexibility index (Phi) is 0.803. The van der Waals surface area contributed by atoms with Gasteiger partial charge in [-0.25, -0.2) is 0 Å². The Balaban J connectivity index is 2.38. The van der Waals surface area contributed by atoms with E-state index in [0.29, 0.717) is 0 Å². The molecule has 0 bridgehead atoms. The summed E-state index contributed by atoms with van der Waals surface area (Å²) in [7, 11) is 0. The fourth-order valence-corrected chi connectivity index (χ4v) is 1.79. The van der Waals surface area contributed by atoms with Crippen LogP contribution < -0.4 is 0 Å². The Morgan fingerprint density at radius 2 is 1.91 bits per heavy atom. The van der Waals surface area contributed by atoms with Gasteiger partial charge in [0.1, 0.15) is 0 Å². The summed E-state index contributed by atoms with van der Waals surface area (Å²) >= 11 is 0. The van der Waals surface area contributed by atoms with Gasteiger partial charge in [-0.05, 0) is 28.7 Å². The predicted molar refractivity (Wildman–Crippen MR) is 48.1 cm³/mol. The minimum absolute atomic E-state index is 1.12. The van der Waals surface area contributed by atoms with Gasteiger partial charge in [0, 0.05) is 0 Å². The lowest BCUT2D eigenvalue weighted by molar-refractivity contribution is 1.30. The Labute approximate surface area is 65.9 Å². The molecule has 0 aromatic heterocycles. The van der Waals surface area contributed by atoms with Crippen molar-refractivity contribution in [2.24, 2.45) is 0 Å². The van der Waals surface area contributed by atoms with Crippen LogP contribution >= 0.6 is 0 Å². The Morgan fingerprint density at radius 3 is 2.73 bits per heavy atom. The van der Waals surface area contributed by atoms with E-state index in [2.05, 4.69) is 36.4 Å². The smallest absolute Gasteiger partial charge is 0.00879 e. The fraction of sp³-hybridized carbons (Fsp3) is 0.0909. The Morgan fingerprint density at radius 1 is 0.909 bits per heavy atom. The molecule has 2 aliphatic rings. The first-order chi connectivity index (χ1) is 5.45. The van der Waals surface area contributed by atoms with Gasteiger partial charge in [-0.1, -0.05) is 36.4 Å². The third-order valence-electron chi connectivity index (χ3n) is 2.46. The van der Waals surface area contributed by atoms with Gasteiger partial charge in [-0.15, -0.1) is 0 Å². The summed E-state index contributed by atoms with van der Waals surface area (Å²) in [5.74, 6) is 0. The molecule has 0 atom stereocenters. The molecule has 0 aliphatic heterocycles. The number of benzene rings is 1. The van der Waals surface area contributed by atoms with Crippen LogP contribution in [0, 0.1) is 0 Å². The van der Waals surface area contributed by atoms with E-state index in [1.807, 2.05) is 0 Å². The molecule has 0 amide bonds. The summed E-state index contributed by atoms with van der Waals surface area (Å²) in [6, 6.07) is 4.44. The summed E-state index contributed by atoms with van der Waals surface area (Å²) in [6.07, 6.45) is 9.96. The number of rotatable bonds is 0. The largest absolute Gasteiger partial charge is 0.0795 e. The van der Waals surface area contributed by atoms with Gasteiger partial charge < -0.3 is 0 Å². The van der Waals surface area contributed by atoms with Crippen molar-refractivity contribution in [1.29, 1.82) is 0 Å². The molecule has 0 unspecified atom stereocenters. The SMILES string of the molecule is C1=Cc2c(ccc3c2C=C3)C1. The molecule has 0 saturated carbocycles. The van der Waals surface area contributed by atoms with Crippen LogP contribution in [0.15, 0.2) is 18.2 Å². The number of hydrogen-bond donors (Lipinski definition) is 0. The molecule has 0 nitrogen and oxygen atoms in total. The average Bonchev–Trinajstić information content (AvgIpc) is 2.34. The summed E-state index contributed by atoms with van der Waals surface area (Å²) in [5, 5.41) is 0. The summed E-state index contributed by atoms with van der Waals surface area (Å²) in [6.45, 7) is 0. The number of hydrogen-bond acceptors (Lipinski definition) is 0. The molecular formula is C11H8. The van der Waals surface area contributed by atoms with Crippen molar-refractivity contribution >= 4 is 18.2 Å². The van der Waals surface area contributed by atoms with Gasteiger partial charge in [-0.2, -0.15) is 0 Å². The molecule has 52 valence electrons.